The van der Waals surface area contributed by atoms with E-state index in [0.29, 0.717) is 26.5 Å². The number of hydrogen-bond donors (Lipinski definition) is 1. The Morgan fingerprint density at radius 3 is 2.55 bits per heavy atom. The summed E-state index contributed by atoms with van der Waals surface area (Å²) in [6.45, 7) is 1.90. The Kier molecular flexibility index (Phi) is 5.83. The lowest BCUT2D eigenvalue weighted by atomic mass is 9.91. The first kappa shape index (κ1) is 20.6. The number of benzene rings is 1. The van der Waals surface area contributed by atoms with Crippen LogP contribution >= 0.6 is 34.8 Å². The highest BCUT2D eigenvalue weighted by Gasteiger charge is 2.37. The molecule has 1 aliphatic heterocycles. The smallest absolute Gasteiger partial charge is 0.254 e. The molecule has 2 heterocycles. The number of halogens is 3. The quantitative estimate of drug-likeness (QED) is 0.627. The minimum atomic E-state index is -0.438. The van der Waals surface area contributed by atoms with Crippen LogP contribution in [0.2, 0.25) is 15.1 Å². The first-order valence-corrected chi connectivity index (χ1v) is 10.9. The van der Waals surface area contributed by atoms with E-state index in [4.69, 9.17) is 34.8 Å². The second kappa shape index (κ2) is 8.21. The molecule has 1 atom stereocenters. The highest BCUT2D eigenvalue weighted by atomic mass is 35.5. The molecule has 1 saturated carbocycles. The van der Waals surface area contributed by atoms with Crippen LogP contribution in [-0.4, -0.2) is 33.7 Å². The second-order valence-corrected chi connectivity index (χ2v) is 8.95. The summed E-state index contributed by atoms with van der Waals surface area (Å²) in [5, 5.41) is 9.12. The average Bonchev–Trinajstić information content (AvgIpc) is 3.09. The lowest BCUT2D eigenvalue weighted by Gasteiger charge is -2.36. The van der Waals surface area contributed by atoms with Crippen LogP contribution in [0.5, 0.6) is 0 Å². The number of carbonyl (C=O) groups excluding carboxylic acids is 1. The van der Waals surface area contributed by atoms with E-state index in [-0.39, 0.29) is 11.9 Å². The minimum absolute atomic E-state index is 0.00440. The molecule has 0 radical (unpaired) electrons. The van der Waals surface area contributed by atoms with E-state index in [1.54, 1.807) is 23.0 Å². The van der Waals surface area contributed by atoms with Gasteiger partial charge in [0, 0.05) is 18.8 Å². The number of likely N-dealkylation sites (N-methyl/N-ethyl adjacent to an activating group) is 1. The molecule has 2 aliphatic rings. The molecule has 1 fully saturated rings. The molecule has 1 aromatic carbocycles. The van der Waals surface area contributed by atoms with E-state index in [1.807, 2.05) is 24.9 Å². The van der Waals surface area contributed by atoms with Gasteiger partial charge >= 0.3 is 0 Å². The van der Waals surface area contributed by atoms with Crippen LogP contribution in [0.4, 0.5) is 5.82 Å². The fourth-order valence-electron chi connectivity index (χ4n) is 4.32. The predicted molar refractivity (Wildman–Crippen MR) is 118 cm³/mol. The zero-order valence-electron chi connectivity index (χ0n) is 16.4. The van der Waals surface area contributed by atoms with Crippen molar-refractivity contribution in [3.05, 3.63) is 56.3 Å². The zero-order valence-corrected chi connectivity index (χ0v) is 18.7. The molecule has 5 nitrogen and oxygen atoms in total. The van der Waals surface area contributed by atoms with Gasteiger partial charge < -0.3 is 10.2 Å². The Bertz CT molecular complexity index is 978. The Balaban J connectivity index is 1.79. The third-order valence-electron chi connectivity index (χ3n) is 5.91. The largest absolute Gasteiger partial charge is 0.342 e. The van der Waals surface area contributed by atoms with Crippen LogP contribution in [-0.2, 0) is 4.79 Å². The van der Waals surface area contributed by atoms with Crippen molar-refractivity contribution in [2.75, 3.05) is 12.4 Å². The monoisotopic (exact) mass is 452 g/mol. The Hall–Kier alpha value is -1.69. The molecule has 154 valence electrons. The Morgan fingerprint density at radius 1 is 1.14 bits per heavy atom. The molecular weight excluding hydrogens is 431 g/mol. The fourth-order valence-corrected chi connectivity index (χ4v) is 4.80. The number of nitrogens with one attached hydrogen (secondary N) is 1. The number of carbonyl (C=O) groups is 1. The van der Waals surface area contributed by atoms with Gasteiger partial charge in [-0.1, -0.05) is 60.1 Å². The summed E-state index contributed by atoms with van der Waals surface area (Å²) >= 11 is 18.8. The molecule has 0 bridgehead atoms. The highest BCUT2D eigenvalue weighted by molar-refractivity contribution is 6.42. The number of aromatic nitrogens is 2. The van der Waals surface area contributed by atoms with E-state index in [0.717, 1.165) is 36.9 Å². The number of allylic oxidation sites excluding steroid dienone is 1. The van der Waals surface area contributed by atoms with Crippen molar-refractivity contribution >= 4 is 46.5 Å². The van der Waals surface area contributed by atoms with Crippen molar-refractivity contribution in [2.45, 2.75) is 51.1 Å². The van der Waals surface area contributed by atoms with Crippen LogP contribution < -0.4 is 5.32 Å². The molecule has 4 rings (SSSR count). The lowest BCUT2D eigenvalue weighted by molar-refractivity contribution is -0.129. The van der Waals surface area contributed by atoms with E-state index in [9.17, 15) is 4.79 Å². The van der Waals surface area contributed by atoms with E-state index >= 15 is 0 Å². The molecule has 1 amide bonds. The maximum Gasteiger partial charge on any atom is 0.254 e. The summed E-state index contributed by atoms with van der Waals surface area (Å²) in [6.07, 6.45) is 7.22. The van der Waals surface area contributed by atoms with Gasteiger partial charge in [0.05, 0.1) is 21.8 Å². The van der Waals surface area contributed by atoms with Crippen molar-refractivity contribution in [3.8, 4) is 0 Å². The van der Waals surface area contributed by atoms with Crippen molar-refractivity contribution in [1.82, 2.24) is 14.7 Å². The van der Waals surface area contributed by atoms with Crippen molar-refractivity contribution in [3.63, 3.8) is 0 Å². The van der Waals surface area contributed by atoms with Gasteiger partial charge in [-0.25, -0.2) is 4.68 Å². The fraction of sp³-hybridized carbons (Fsp3) is 0.429. The van der Waals surface area contributed by atoms with Gasteiger partial charge in [0.15, 0.2) is 0 Å². The van der Waals surface area contributed by atoms with Crippen LogP contribution in [0.15, 0.2) is 35.7 Å². The molecule has 2 aromatic rings. The van der Waals surface area contributed by atoms with E-state index in [1.165, 1.54) is 6.42 Å². The molecule has 29 heavy (non-hydrogen) atoms. The molecule has 8 heteroatoms. The Morgan fingerprint density at radius 2 is 1.86 bits per heavy atom. The number of fused-ring (bicyclic) bond motifs is 1. The Labute approximate surface area is 185 Å². The molecule has 1 unspecified atom stereocenters. The van der Waals surface area contributed by atoms with Gasteiger partial charge in [-0.05, 0) is 37.5 Å². The molecule has 1 aliphatic carbocycles. The van der Waals surface area contributed by atoms with Gasteiger partial charge in [0.25, 0.3) is 5.91 Å². The van der Waals surface area contributed by atoms with Crippen molar-refractivity contribution in [1.29, 1.82) is 0 Å². The molecule has 0 saturated heterocycles. The summed E-state index contributed by atoms with van der Waals surface area (Å²) in [5.41, 5.74) is 2.24. The van der Waals surface area contributed by atoms with Crippen molar-refractivity contribution in [2.24, 2.45) is 0 Å². The first-order valence-electron chi connectivity index (χ1n) is 9.81. The summed E-state index contributed by atoms with van der Waals surface area (Å²) in [5.74, 6) is 0.660. The number of hydrogen-bond acceptors (Lipinski definition) is 3. The SMILES string of the molecule is CC1=C(C(=O)N(C)C2CCCCC2)C(c2ccc(Cl)c(Cl)c2)n2ncc(Cl)c2N1. The highest BCUT2D eigenvalue weighted by Crippen LogP contribution is 2.41. The van der Waals surface area contributed by atoms with Gasteiger partial charge in [-0.15, -0.1) is 0 Å². The van der Waals surface area contributed by atoms with Crippen LogP contribution in [0.1, 0.15) is 50.6 Å². The normalized spacial score (nSPS) is 19.7. The second-order valence-electron chi connectivity index (χ2n) is 7.73. The van der Waals surface area contributed by atoms with E-state index in [2.05, 4.69) is 10.4 Å². The molecule has 1 N–H and O–H groups in total. The van der Waals surface area contributed by atoms with Gasteiger partial charge in [-0.3, -0.25) is 4.79 Å². The van der Waals surface area contributed by atoms with E-state index < -0.39 is 6.04 Å². The number of rotatable bonds is 3. The number of nitrogens with zero attached hydrogens (tertiary/aromatic N) is 3. The molecule has 0 spiro atoms. The summed E-state index contributed by atoms with van der Waals surface area (Å²) < 4.78 is 1.75. The predicted octanol–water partition coefficient (Wildman–Crippen LogP) is 5.92. The lowest BCUT2D eigenvalue weighted by Crippen LogP contribution is -2.42. The zero-order chi connectivity index (χ0) is 20.7. The third kappa shape index (κ3) is 3.76. The summed E-state index contributed by atoms with van der Waals surface area (Å²) in [7, 11) is 1.90. The van der Waals surface area contributed by atoms with Gasteiger partial charge in [0.1, 0.15) is 16.9 Å². The van der Waals surface area contributed by atoms with Crippen molar-refractivity contribution < 1.29 is 4.79 Å². The maximum absolute atomic E-state index is 13.7. The van der Waals surface area contributed by atoms with Gasteiger partial charge in [-0.2, -0.15) is 5.10 Å². The summed E-state index contributed by atoms with van der Waals surface area (Å²) in [6, 6.07) is 5.24. The third-order valence-corrected chi connectivity index (χ3v) is 6.93. The van der Waals surface area contributed by atoms with Crippen LogP contribution in [0.3, 0.4) is 0 Å². The standard InChI is InChI=1S/C21H23Cl3N4O/c1-12-18(21(29)27(2)14-6-4-3-5-7-14)19(13-8-9-15(22)16(23)10-13)28-20(26-12)17(24)11-25-28/h8-11,14,19,26H,3-7H2,1-2H3. The van der Waals surface area contributed by atoms with Crippen LogP contribution in [0, 0.1) is 0 Å². The minimum Gasteiger partial charge on any atom is -0.342 e. The van der Waals surface area contributed by atoms with Crippen LogP contribution in [0.25, 0.3) is 0 Å². The average molecular weight is 454 g/mol. The maximum atomic E-state index is 13.7. The summed E-state index contributed by atoms with van der Waals surface area (Å²) in [4.78, 5) is 15.5. The first-order chi connectivity index (χ1) is 13.9. The topological polar surface area (TPSA) is 50.2 Å². The molecule has 1 aromatic heterocycles. The number of amides is 1. The molecular formula is C21H23Cl3N4O. The van der Waals surface area contributed by atoms with Gasteiger partial charge in [0.2, 0.25) is 0 Å². The number of anilines is 1.